The summed E-state index contributed by atoms with van der Waals surface area (Å²) in [5.74, 6) is 0.759. The number of amides is 1. The fourth-order valence-electron chi connectivity index (χ4n) is 2.26. The van der Waals surface area contributed by atoms with Crippen LogP contribution >= 0.6 is 15.9 Å². The Morgan fingerprint density at radius 2 is 2.08 bits per heavy atom. The molecular formula is C18H22BrN3O2. The van der Waals surface area contributed by atoms with Crippen LogP contribution in [-0.4, -0.2) is 35.9 Å². The number of aromatic nitrogens is 1. The molecule has 1 aromatic carbocycles. The number of carbonyl (C=O) groups excluding carboxylic acids is 1. The molecule has 1 aromatic heterocycles. The van der Waals surface area contributed by atoms with E-state index in [2.05, 4.69) is 20.9 Å². The molecule has 0 saturated heterocycles. The summed E-state index contributed by atoms with van der Waals surface area (Å²) in [6.45, 7) is 5.10. The van der Waals surface area contributed by atoms with Crippen molar-refractivity contribution >= 4 is 21.8 Å². The van der Waals surface area contributed by atoms with Crippen LogP contribution in [0.15, 0.2) is 47.1 Å². The van der Waals surface area contributed by atoms with Crippen molar-refractivity contribution < 1.29 is 9.53 Å². The number of nitrogens with two attached hydrogens (primary N) is 1. The molecule has 0 bridgehead atoms. The standard InChI is InChI=1S/C18H22BrN3O2/c1-18(2,11-20)12-22(3)17(23)15-8-5-9-21-16(15)24-14-7-4-6-13(19)10-14/h4-10H,11-12,20H2,1-3H3. The van der Waals surface area contributed by atoms with E-state index >= 15 is 0 Å². The summed E-state index contributed by atoms with van der Waals surface area (Å²) >= 11 is 3.40. The summed E-state index contributed by atoms with van der Waals surface area (Å²) < 4.78 is 6.70. The lowest BCUT2D eigenvalue weighted by Gasteiger charge is -2.29. The van der Waals surface area contributed by atoms with Gasteiger partial charge in [-0.3, -0.25) is 4.79 Å². The molecule has 0 fully saturated rings. The highest BCUT2D eigenvalue weighted by atomic mass is 79.9. The first-order valence-corrected chi connectivity index (χ1v) is 8.46. The van der Waals surface area contributed by atoms with Gasteiger partial charge in [0.05, 0.1) is 0 Å². The molecule has 0 atom stereocenters. The molecule has 2 rings (SSSR count). The molecule has 6 heteroatoms. The topological polar surface area (TPSA) is 68.5 Å². The maximum Gasteiger partial charge on any atom is 0.259 e. The van der Waals surface area contributed by atoms with Crippen LogP contribution in [0.2, 0.25) is 0 Å². The third kappa shape index (κ3) is 4.79. The third-order valence-corrected chi connectivity index (χ3v) is 4.07. The zero-order valence-corrected chi connectivity index (χ0v) is 15.7. The van der Waals surface area contributed by atoms with Gasteiger partial charge in [-0.2, -0.15) is 0 Å². The predicted molar refractivity (Wildman–Crippen MR) is 98.2 cm³/mol. The molecule has 1 heterocycles. The molecule has 0 saturated carbocycles. The maximum atomic E-state index is 12.8. The molecule has 128 valence electrons. The van der Waals surface area contributed by atoms with Gasteiger partial charge in [0.25, 0.3) is 5.91 Å². The van der Waals surface area contributed by atoms with Crippen molar-refractivity contribution in [2.75, 3.05) is 20.1 Å². The van der Waals surface area contributed by atoms with Gasteiger partial charge in [-0.25, -0.2) is 4.98 Å². The first-order valence-electron chi connectivity index (χ1n) is 7.66. The lowest BCUT2D eigenvalue weighted by atomic mass is 9.93. The average molecular weight is 392 g/mol. The summed E-state index contributed by atoms with van der Waals surface area (Å²) in [5.41, 5.74) is 6.03. The SMILES string of the molecule is CN(CC(C)(C)CN)C(=O)c1cccnc1Oc1cccc(Br)c1. The van der Waals surface area contributed by atoms with Crippen LogP contribution in [0.1, 0.15) is 24.2 Å². The van der Waals surface area contributed by atoms with Gasteiger partial charge < -0.3 is 15.4 Å². The monoisotopic (exact) mass is 391 g/mol. The zero-order valence-electron chi connectivity index (χ0n) is 14.1. The number of hydrogen-bond donors (Lipinski definition) is 1. The molecule has 2 aromatic rings. The van der Waals surface area contributed by atoms with Crippen molar-refractivity contribution in [3.8, 4) is 11.6 Å². The van der Waals surface area contributed by atoms with E-state index < -0.39 is 0 Å². The molecule has 0 aliphatic rings. The van der Waals surface area contributed by atoms with Crippen LogP contribution in [-0.2, 0) is 0 Å². The van der Waals surface area contributed by atoms with Crippen LogP contribution in [0.3, 0.4) is 0 Å². The van der Waals surface area contributed by atoms with Gasteiger partial charge in [0.15, 0.2) is 0 Å². The Morgan fingerprint density at radius 3 is 2.75 bits per heavy atom. The Balaban J connectivity index is 2.23. The first-order chi connectivity index (χ1) is 11.3. The van der Waals surface area contributed by atoms with Crippen LogP contribution in [0.5, 0.6) is 11.6 Å². The Labute approximate surface area is 151 Å². The number of carbonyl (C=O) groups is 1. The largest absolute Gasteiger partial charge is 0.438 e. The lowest BCUT2D eigenvalue weighted by Crippen LogP contribution is -2.39. The predicted octanol–water partition coefficient (Wildman–Crippen LogP) is 3.69. The van der Waals surface area contributed by atoms with E-state index in [-0.39, 0.29) is 17.2 Å². The number of rotatable bonds is 6. The maximum absolute atomic E-state index is 12.8. The van der Waals surface area contributed by atoms with Gasteiger partial charge in [-0.05, 0) is 42.3 Å². The average Bonchev–Trinajstić information content (AvgIpc) is 2.54. The van der Waals surface area contributed by atoms with E-state index in [0.29, 0.717) is 24.4 Å². The van der Waals surface area contributed by atoms with E-state index in [4.69, 9.17) is 10.5 Å². The zero-order chi connectivity index (χ0) is 17.7. The number of pyridine rings is 1. The normalized spacial score (nSPS) is 11.2. The van der Waals surface area contributed by atoms with E-state index in [1.54, 1.807) is 30.3 Å². The van der Waals surface area contributed by atoms with Crippen LogP contribution < -0.4 is 10.5 Å². The first kappa shape index (κ1) is 18.4. The minimum atomic E-state index is -0.155. The Bertz CT molecular complexity index is 719. The number of benzene rings is 1. The summed E-state index contributed by atoms with van der Waals surface area (Å²) in [7, 11) is 1.76. The van der Waals surface area contributed by atoms with E-state index in [9.17, 15) is 4.79 Å². The Morgan fingerprint density at radius 1 is 1.33 bits per heavy atom. The highest BCUT2D eigenvalue weighted by Crippen LogP contribution is 2.26. The van der Waals surface area contributed by atoms with Crippen LogP contribution in [0.25, 0.3) is 0 Å². The number of hydrogen-bond acceptors (Lipinski definition) is 4. The summed E-state index contributed by atoms with van der Waals surface area (Å²) in [6.07, 6.45) is 1.61. The fourth-order valence-corrected chi connectivity index (χ4v) is 2.64. The van der Waals surface area contributed by atoms with Crippen molar-refractivity contribution in [1.82, 2.24) is 9.88 Å². The molecule has 0 radical (unpaired) electrons. The summed E-state index contributed by atoms with van der Waals surface area (Å²) in [4.78, 5) is 18.6. The molecule has 0 unspecified atom stereocenters. The number of nitrogens with zero attached hydrogens (tertiary/aromatic N) is 2. The lowest BCUT2D eigenvalue weighted by molar-refractivity contribution is 0.0737. The molecule has 2 N–H and O–H groups in total. The van der Waals surface area contributed by atoms with Crippen molar-refractivity contribution in [3.05, 3.63) is 52.6 Å². The van der Waals surface area contributed by atoms with E-state index in [1.807, 2.05) is 38.1 Å². The van der Waals surface area contributed by atoms with Crippen LogP contribution in [0, 0.1) is 5.41 Å². The second kappa shape index (κ2) is 7.77. The number of halogens is 1. The van der Waals surface area contributed by atoms with Crippen LogP contribution in [0.4, 0.5) is 0 Å². The van der Waals surface area contributed by atoms with Gasteiger partial charge in [-0.1, -0.05) is 35.8 Å². The van der Waals surface area contributed by atoms with Crippen molar-refractivity contribution in [2.24, 2.45) is 11.1 Å². The third-order valence-electron chi connectivity index (χ3n) is 3.58. The van der Waals surface area contributed by atoms with Crippen molar-refractivity contribution in [3.63, 3.8) is 0 Å². The van der Waals surface area contributed by atoms with E-state index in [0.717, 1.165) is 4.47 Å². The molecule has 1 amide bonds. The number of ether oxygens (including phenoxy) is 1. The van der Waals surface area contributed by atoms with Gasteiger partial charge in [0, 0.05) is 24.3 Å². The Hall–Kier alpha value is -1.92. The minimum absolute atomic E-state index is 0.144. The highest BCUT2D eigenvalue weighted by Gasteiger charge is 2.24. The second-order valence-corrected chi connectivity index (χ2v) is 7.36. The molecule has 5 nitrogen and oxygen atoms in total. The molecular weight excluding hydrogens is 370 g/mol. The Kier molecular flexibility index (Phi) is 5.96. The smallest absolute Gasteiger partial charge is 0.259 e. The quantitative estimate of drug-likeness (QED) is 0.814. The molecule has 24 heavy (non-hydrogen) atoms. The van der Waals surface area contributed by atoms with Crippen molar-refractivity contribution in [2.45, 2.75) is 13.8 Å². The van der Waals surface area contributed by atoms with Crippen molar-refractivity contribution in [1.29, 1.82) is 0 Å². The van der Waals surface area contributed by atoms with E-state index in [1.165, 1.54) is 0 Å². The summed E-state index contributed by atoms with van der Waals surface area (Å²) in [6, 6.07) is 10.8. The molecule has 0 aliphatic carbocycles. The van der Waals surface area contributed by atoms with Gasteiger partial charge >= 0.3 is 0 Å². The van der Waals surface area contributed by atoms with Gasteiger partial charge in [0.2, 0.25) is 5.88 Å². The molecule has 0 spiro atoms. The van der Waals surface area contributed by atoms with Gasteiger partial charge in [0.1, 0.15) is 11.3 Å². The second-order valence-electron chi connectivity index (χ2n) is 6.45. The molecule has 0 aliphatic heterocycles. The minimum Gasteiger partial charge on any atom is -0.438 e. The highest BCUT2D eigenvalue weighted by molar-refractivity contribution is 9.10. The fraction of sp³-hybridized carbons (Fsp3) is 0.333. The van der Waals surface area contributed by atoms with Gasteiger partial charge in [-0.15, -0.1) is 0 Å². The summed E-state index contributed by atoms with van der Waals surface area (Å²) in [5, 5.41) is 0.